The van der Waals surface area contributed by atoms with Crippen molar-refractivity contribution in [1.82, 2.24) is 14.9 Å². The highest BCUT2D eigenvalue weighted by Crippen LogP contribution is 2.42. The van der Waals surface area contributed by atoms with E-state index in [0.717, 1.165) is 34.3 Å². The fourth-order valence-electron chi connectivity index (χ4n) is 4.42. The largest absolute Gasteiger partial charge is 0.497 e. The Balaban J connectivity index is 1.60. The molecule has 7 heteroatoms. The number of anilines is 1. The first-order valence-corrected chi connectivity index (χ1v) is 11.7. The SMILES string of the molecule is CCOc1ccc(-n2cccc2C2C(c3ccccn3)NC(=S)N2c2ccc(OC)cc2)cc1. The van der Waals surface area contributed by atoms with Crippen LogP contribution in [0.5, 0.6) is 11.5 Å². The monoisotopic (exact) mass is 470 g/mol. The van der Waals surface area contributed by atoms with E-state index < -0.39 is 0 Å². The molecule has 1 aliphatic rings. The number of hydrogen-bond acceptors (Lipinski definition) is 4. The van der Waals surface area contributed by atoms with Gasteiger partial charge in [0.15, 0.2) is 5.11 Å². The number of methoxy groups -OCH3 is 1. The van der Waals surface area contributed by atoms with Crippen LogP contribution in [0, 0.1) is 0 Å². The fraction of sp³-hybridized carbons (Fsp3) is 0.185. The topological polar surface area (TPSA) is 51.5 Å². The summed E-state index contributed by atoms with van der Waals surface area (Å²) in [5.41, 5.74) is 4.07. The Labute approximate surface area is 204 Å². The average Bonchev–Trinajstić information content (AvgIpc) is 3.49. The molecule has 2 atom stereocenters. The highest BCUT2D eigenvalue weighted by Gasteiger charge is 2.42. The molecule has 0 spiro atoms. The van der Waals surface area contributed by atoms with Gasteiger partial charge in [-0.1, -0.05) is 6.07 Å². The number of pyridine rings is 1. The van der Waals surface area contributed by atoms with Gasteiger partial charge in [0.2, 0.25) is 0 Å². The molecular weight excluding hydrogens is 444 g/mol. The molecule has 0 amide bonds. The predicted molar refractivity (Wildman–Crippen MR) is 138 cm³/mol. The molecule has 3 heterocycles. The Morgan fingerprint density at radius 2 is 1.65 bits per heavy atom. The third-order valence-corrected chi connectivity index (χ3v) is 6.27. The lowest BCUT2D eigenvalue weighted by Gasteiger charge is -2.29. The molecule has 2 unspecified atom stereocenters. The third kappa shape index (κ3) is 4.10. The first kappa shape index (κ1) is 22.0. The van der Waals surface area contributed by atoms with Crippen LogP contribution < -0.4 is 19.7 Å². The first-order chi connectivity index (χ1) is 16.7. The minimum atomic E-state index is -0.118. The summed E-state index contributed by atoms with van der Waals surface area (Å²) < 4.78 is 13.2. The van der Waals surface area contributed by atoms with E-state index in [0.29, 0.717) is 11.7 Å². The van der Waals surface area contributed by atoms with Gasteiger partial charge in [0, 0.05) is 29.5 Å². The molecule has 0 saturated carbocycles. The number of rotatable bonds is 7. The number of ether oxygens (including phenoxy) is 2. The second-order valence-corrected chi connectivity index (χ2v) is 8.31. The van der Waals surface area contributed by atoms with Crippen LogP contribution in [0.1, 0.15) is 30.4 Å². The summed E-state index contributed by atoms with van der Waals surface area (Å²) in [7, 11) is 1.67. The van der Waals surface area contributed by atoms with Gasteiger partial charge < -0.3 is 24.3 Å². The second-order valence-electron chi connectivity index (χ2n) is 7.92. The number of thiocarbonyl (C=S) groups is 1. The minimum absolute atomic E-state index is 0.114. The third-order valence-electron chi connectivity index (χ3n) is 5.96. The van der Waals surface area contributed by atoms with E-state index in [-0.39, 0.29) is 12.1 Å². The Hall–Kier alpha value is -3.84. The molecule has 1 aliphatic heterocycles. The highest BCUT2D eigenvalue weighted by molar-refractivity contribution is 7.80. The van der Waals surface area contributed by atoms with Gasteiger partial charge in [0.25, 0.3) is 0 Å². The molecule has 0 aliphatic carbocycles. The quantitative estimate of drug-likeness (QED) is 0.362. The van der Waals surface area contributed by atoms with E-state index in [2.05, 4.69) is 50.2 Å². The van der Waals surface area contributed by atoms with Crippen molar-refractivity contribution in [3.8, 4) is 17.2 Å². The van der Waals surface area contributed by atoms with Crippen molar-refractivity contribution in [3.05, 3.63) is 103 Å². The van der Waals surface area contributed by atoms with E-state index in [1.165, 1.54) is 0 Å². The number of nitrogens with zero attached hydrogens (tertiary/aromatic N) is 3. The van der Waals surface area contributed by atoms with Crippen molar-refractivity contribution in [1.29, 1.82) is 0 Å². The molecule has 5 rings (SSSR count). The van der Waals surface area contributed by atoms with E-state index in [4.69, 9.17) is 21.7 Å². The van der Waals surface area contributed by atoms with Gasteiger partial charge in [-0.3, -0.25) is 4.98 Å². The van der Waals surface area contributed by atoms with E-state index >= 15 is 0 Å². The van der Waals surface area contributed by atoms with Gasteiger partial charge in [-0.25, -0.2) is 0 Å². The summed E-state index contributed by atoms with van der Waals surface area (Å²) in [6.07, 6.45) is 3.90. The van der Waals surface area contributed by atoms with Crippen LogP contribution in [0.4, 0.5) is 5.69 Å². The molecule has 0 bridgehead atoms. The van der Waals surface area contributed by atoms with Crippen LogP contribution in [0.2, 0.25) is 0 Å². The zero-order valence-electron chi connectivity index (χ0n) is 19.1. The van der Waals surface area contributed by atoms with Crippen LogP contribution in [-0.4, -0.2) is 28.4 Å². The Bertz CT molecular complexity index is 1260. The van der Waals surface area contributed by atoms with Crippen LogP contribution in [0.25, 0.3) is 5.69 Å². The number of nitrogens with one attached hydrogen (secondary N) is 1. The van der Waals surface area contributed by atoms with Crippen LogP contribution >= 0.6 is 12.2 Å². The van der Waals surface area contributed by atoms with E-state index in [1.807, 2.05) is 67.7 Å². The molecule has 1 saturated heterocycles. The highest BCUT2D eigenvalue weighted by atomic mass is 32.1. The maximum absolute atomic E-state index is 5.85. The van der Waals surface area contributed by atoms with Crippen molar-refractivity contribution in [2.24, 2.45) is 0 Å². The van der Waals surface area contributed by atoms with Crippen LogP contribution in [-0.2, 0) is 0 Å². The first-order valence-electron chi connectivity index (χ1n) is 11.2. The molecule has 4 aromatic rings. The zero-order valence-corrected chi connectivity index (χ0v) is 19.9. The maximum Gasteiger partial charge on any atom is 0.174 e. The molecule has 2 aromatic carbocycles. The van der Waals surface area contributed by atoms with Gasteiger partial charge in [-0.05, 0) is 91.9 Å². The summed E-state index contributed by atoms with van der Waals surface area (Å²) in [5.74, 6) is 1.66. The van der Waals surface area contributed by atoms with Crippen molar-refractivity contribution >= 4 is 23.0 Å². The van der Waals surface area contributed by atoms with Crippen LogP contribution in [0.3, 0.4) is 0 Å². The average molecular weight is 471 g/mol. The molecular formula is C27H26N4O2S. The van der Waals surface area contributed by atoms with Gasteiger partial charge in [-0.2, -0.15) is 0 Å². The van der Waals surface area contributed by atoms with Crippen LogP contribution in [0.15, 0.2) is 91.3 Å². The van der Waals surface area contributed by atoms with Gasteiger partial charge >= 0.3 is 0 Å². The molecule has 2 aromatic heterocycles. The Kier molecular flexibility index (Phi) is 6.18. The zero-order chi connectivity index (χ0) is 23.5. The van der Waals surface area contributed by atoms with E-state index in [1.54, 1.807) is 7.11 Å². The summed E-state index contributed by atoms with van der Waals surface area (Å²) >= 11 is 5.85. The van der Waals surface area contributed by atoms with E-state index in [9.17, 15) is 0 Å². The molecule has 1 N–H and O–H groups in total. The maximum atomic E-state index is 5.85. The molecule has 0 radical (unpaired) electrons. The molecule has 1 fully saturated rings. The summed E-state index contributed by atoms with van der Waals surface area (Å²) in [4.78, 5) is 6.81. The van der Waals surface area contributed by atoms with Gasteiger partial charge in [0.1, 0.15) is 17.5 Å². The van der Waals surface area contributed by atoms with Gasteiger partial charge in [0.05, 0.1) is 25.5 Å². The smallest absolute Gasteiger partial charge is 0.174 e. The number of aromatic nitrogens is 2. The molecule has 34 heavy (non-hydrogen) atoms. The lowest BCUT2D eigenvalue weighted by atomic mass is 10.0. The Morgan fingerprint density at radius 1 is 0.912 bits per heavy atom. The standard InChI is InChI=1S/C27H26N4O2S/c1-3-33-22-15-9-19(10-16-22)30-18-6-8-24(30)26-25(23-7-4-5-17-28-23)29-27(34)31(26)20-11-13-21(32-2)14-12-20/h4-18,25-26H,3H2,1-2H3,(H,29,34). The molecule has 172 valence electrons. The Morgan fingerprint density at radius 3 is 2.32 bits per heavy atom. The number of benzene rings is 2. The fourth-order valence-corrected chi connectivity index (χ4v) is 4.76. The lowest BCUT2D eigenvalue weighted by Crippen LogP contribution is -2.30. The summed E-state index contributed by atoms with van der Waals surface area (Å²) in [6, 6.07) is 26.1. The number of hydrogen-bond donors (Lipinski definition) is 1. The van der Waals surface area contributed by atoms with Crippen molar-refractivity contribution in [2.75, 3.05) is 18.6 Å². The molecule has 6 nitrogen and oxygen atoms in total. The van der Waals surface area contributed by atoms with Gasteiger partial charge in [-0.15, -0.1) is 0 Å². The minimum Gasteiger partial charge on any atom is -0.497 e. The summed E-state index contributed by atoms with van der Waals surface area (Å²) in [5, 5.41) is 4.18. The predicted octanol–water partition coefficient (Wildman–Crippen LogP) is 5.46. The summed E-state index contributed by atoms with van der Waals surface area (Å²) in [6.45, 7) is 2.63. The van der Waals surface area contributed by atoms with Crippen molar-refractivity contribution in [2.45, 2.75) is 19.0 Å². The van der Waals surface area contributed by atoms with Crippen molar-refractivity contribution < 1.29 is 9.47 Å². The normalized spacial score (nSPS) is 17.5. The lowest BCUT2D eigenvalue weighted by molar-refractivity contribution is 0.340. The second kappa shape index (κ2) is 9.57. The van der Waals surface area contributed by atoms with Crippen molar-refractivity contribution in [3.63, 3.8) is 0 Å².